The van der Waals surface area contributed by atoms with Crippen molar-refractivity contribution < 1.29 is 9.84 Å². The zero-order valence-electron chi connectivity index (χ0n) is 15.0. The molecule has 0 saturated heterocycles. The van der Waals surface area contributed by atoms with Crippen LogP contribution in [-0.4, -0.2) is 18.3 Å². The first-order valence-corrected chi connectivity index (χ1v) is 9.00. The summed E-state index contributed by atoms with van der Waals surface area (Å²) in [4.78, 5) is 0. The van der Waals surface area contributed by atoms with Crippen LogP contribution in [0.5, 0.6) is 5.75 Å². The van der Waals surface area contributed by atoms with Crippen LogP contribution in [0, 0.1) is 5.92 Å². The fourth-order valence-corrected chi connectivity index (χ4v) is 2.93. The van der Waals surface area contributed by atoms with Crippen LogP contribution in [-0.2, 0) is 19.3 Å². The van der Waals surface area contributed by atoms with E-state index in [1.54, 1.807) is 0 Å². The second kappa shape index (κ2) is 10.7. The van der Waals surface area contributed by atoms with E-state index in [1.807, 2.05) is 0 Å². The molecule has 0 aliphatic carbocycles. The highest BCUT2D eigenvalue weighted by Gasteiger charge is 2.12. The number of ether oxygens (including phenoxy) is 1. The molecule has 0 atom stereocenters. The van der Waals surface area contributed by atoms with Crippen molar-refractivity contribution in [2.45, 2.75) is 72.6 Å². The maximum Gasteiger partial charge on any atom is 0.125 e. The van der Waals surface area contributed by atoms with E-state index in [1.165, 1.54) is 29.5 Å². The van der Waals surface area contributed by atoms with Gasteiger partial charge in [0.2, 0.25) is 0 Å². The van der Waals surface area contributed by atoms with Gasteiger partial charge in [-0.25, -0.2) is 0 Å². The molecule has 0 aliphatic heterocycles. The number of hydrogen-bond acceptors (Lipinski definition) is 2. The van der Waals surface area contributed by atoms with E-state index in [0.717, 1.165) is 43.8 Å². The van der Waals surface area contributed by atoms with Crippen LogP contribution >= 0.6 is 0 Å². The molecular formula is C20H34O2. The monoisotopic (exact) mass is 306 g/mol. The molecule has 22 heavy (non-hydrogen) atoms. The lowest BCUT2D eigenvalue weighted by atomic mass is 9.95. The van der Waals surface area contributed by atoms with Crippen LogP contribution in [0.15, 0.2) is 12.1 Å². The maximum atomic E-state index is 9.07. The van der Waals surface area contributed by atoms with E-state index in [9.17, 15) is 0 Å². The summed E-state index contributed by atoms with van der Waals surface area (Å²) < 4.78 is 5.87. The van der Waals surface area contributed by atoms with E-state index >= 15 is 0 Å². The standard InChI is InChI=1S/C20H34O2/c1-5-8-18-14-17(11-7-10-16(3)4)15-19(9-6-2)20(18)22-13-12-21/h14-16,21H,5-13H2,1-4H3. The van der Waals surface area contributed by atoms with Crippen molar-refractivity contribution in [1.29, 1.82) is 0 Å². The molecule has 0 amide bonds. The minimum absolute atomic E-state index is 0.0767. The number of aliphatic hydroxyl groups excluding tert-OH is 1. The SMILES string of the molecule is CCCc1cc(CCCC(C)C)cc(CCC)c1OCCO. The molecule has 0 spiro atoms. The number of benzene rings is 1. The van der Waals surface area contributed by atoms with Crippen LogP contribution in [0.4, 0.5) is 0 Å². The third-order valence-electron chi connectivity index (χ3n) is 3.93. The van der Waals surface area contributed by atoms with Crippen LogP contribution < -0.4 is 4.74 Å². The highest BCUT2D eigenvalue weighted by atomic mass is 16.5. The predicted molar refractivity (Wildman–Crippen MR) is 94.8 cm³/mol. The third-order valence-corrected chi connectivity index (χ3v) is 3.93. The van der Waals surface area contributed by atoms with Crippen molar-refractivity contribution in [1.82, 2.24) is 0 Å². The Bertz CT molecular complexity index is 397. The quantitative estimate of drug-likeness (QED) is 0.627. The van der Waals surface area contributed by atoms with Gasteiger partial charge in [0.15, 0.2) is 0 Å². The van der Waals surface area contributed by atoms with Crippen LogP contribution in [0.25, 0.3) is 0 Å². The molecule has 2 nitrogen and oxygen atoms in total. The number of hydrogen-bond donors (Lipinski definition) is 1. The predicted octanol–water partition coefficient (Wildman–Crippen LogP) is 4.94. The summed E-state index contributed by atoms with van der Waals surface area (Å²) in [5.74, 6) is 1.81. The van der Waals surface area contributed by atoms with Gasteiger partial charge in [-0.2, -0.15) is 0 Å². The Hall–Kier alpha value is -1.02. The minimum Gasteiger partial charge on any atom is -0.491 e. The summed E-state index contributed by atoms with van der Waals surface area (Å²) in [7, 11) is 0. The Labute approximate surface area is 136 Å². The lowest BCUT2D eigenvalue weighted by Crippen LogP contribution is -2.08. The average molecular weight is 306 g/mol. The Kier molecular flexibility index (Phi) is 9.22. The molecule has 2 heteroatoms. The highest BCUT2D eigenvalue weighted by molar-refractivity contribution is 5.45. The summed E-state index contributed by atoms with van der Waals surface area (Å²) in [6.45, 7) is 9.46. The zero-order valence-corrected chi connectivity index (χ0v) is 15.0. The second-order valence-corrected chi connectivity index (χ2v) is 6.60. The normalized spacial score (nSPS) is 11.2. The van der Waals surface area contributed by atoms with Gasteiger partial charge in [0.25, 0.3) is 0 Å². The molecule has 0 bridgehead atoms. The van der Waals surface area contributed by atoms with Crippen molar-refractivity contribution in [3.05, 3.63) is 28.8 Å². The highest BCUT2D eigenvalue weighted by Crippen LogP contribution is 2.29. The number of rotatable bonds is 11. The third kappa shape index (κ3) is 6.39. The Balaban J connectivity index is 2.98. The van der Waals surface area contributed by atoms with Gasteiger partial charge in [-0.05, 0) is 48.3 Å². The first-order chi connectivity index (χ1) is 10.6. The van der Waals surface area contributed by atoms with Crippen LogP contribution in [0.2, 0.25) is 0 Å². The van der Waals surface area contributed by atoms with Crippen LogP contribution in [0.1, 0.15) is 70.1 Å². The first-order valence-electron chi connectivity index (χ1n) is 9.00. The topological polar surface area (TPSA) is 29.5 Å². The largest absolute Gasteiger partial charge is 0.491 e. The molecule has 126 valence electrons. The fraction of sp³-hybridized carbons (Fsp3) is 0.700. The maximum absolute atomic E-state index is 9.07. The molecule has 1 aromatic rings. The Morgan fingerprint density at radius 1 is 1.00 bits per heavy atom. The molecule has 1 aromatic carbocycles. The molecule has 0 aromatic heterocycles. The second-order valence-electron chi connectivity index (χ2n) is 6.60. The van der Waals surface area contributed by atoms with Crippen molar-refractivity contribution in [2.24, 2.45) is 5.92 Å². The molecule has 1 rings (SSSR count). The molecule has 0 saturated carbocycles. The van der Waals surface area contributed by atoms with E-state index in [2.05, 4.69) is 39.8 Å². The summed E-state index contributed by atoms with van der Waals surface area (Å²) in [6.07, 6.45) is 8.05. The molecule has 0 radical (unpaired) electrons. The Morgan fingerprint density at radius 2 is 1.59 bits per heavy atom. The zero-order chi connectivity index (χ0) is 16.4. The van der Waals surface area contributed by atoms with E-state index in [4.69, 9.17) is 9.84 Å². The van der Waals surface area contributed by atoms with Gasteiger partial charge in [0.05, 0.1) is 6.61 Å². The lowest BCUT2D eigenvalue weighted by molar-refractivity contribution is 0.199. The van der Waals surface area contributed by atoms with Crippen molar-refractivity contribution in [3.63, 3.8) is 0 Å². The van der Waals surface area contributed by atoms with Gasteiger partial charge >= 0.3 is 0 Å². The molecular weight excluding hydrogens is 272 g/mol. The van der Waals surface area contributed by atoms with Crippen LogP contribution in [0.3, 0.4) is 0 Å². The smallest absolute Gasteiger partial charge is 0.125 e. The fourth-order valence-electron chi connectivity index (χ4n) is 2.93. The van der Waals surface area contributed by atoms with Gasteiger partial charge in [0, 0.05) is 0 Å². The van der Waals surface area contributed by atoms with Gasteiger partial charge < -0.3 is 9.84 Å². The number of aliphatic hydroxyl groups is 1. The van der Waals surface area contributed by atoms with Crippen molar-refractivity contribution in [3.8, 4) is 5.75 Å². The van der Waals surface area contributed by atoms with E-state index in [0.29, 0.717) is 6.61 Å². The van der Waals surface area contributed by atoms with Gasteiger partial charge in [-0.15, -0.1) is 0 Å². The van der Waals surface area contributed by atoms with E-state index in [-0.39, 0.29) is 6.61 Å². The molecule has 0 heterocycles. The Morgan fingerprint density at radius 3 is 2.05 bits per heavy atom. The summed E-state index contributed by atoms with van der Waals surface area (Å²) in [5, 5.41) is 9.07. The molecule has 0 unspecified atom stereocenters. The number of aryl methyl sites for hydroxylation is 3. The van der Waals surface area contributed by atoms with Gasteiger partial charge in [-0.3, -0.25) is 0 Å². The summed E-state index contributed by atoms with van der Waals surface area (Å²) >= 11 is 0. The minimum atomic E-state index is 0.0767. The molecule has 0 fully saturated rings. The van der Waals surface area contributed by atoms with Crippen molar-refractivity contribution in [2.75, 3.05) is 13.2 Å². The molecule has 1 N–H and O–H groups in total. The first kappa shape index (κ1) is 19.0. The van der Waals surface area contributed by atoms with Crippen molar-refractivity contribution >= 4 is 0 Å². The van der Waals surface area contributed by atoms with E-state index < -0.39 is 0 Å². The van der Waals surface area contributed by atoms with Gasteiger partial charge in [0.1, 0.15) is 12.4 Å². The summed E-state index contributed by atoms with van der Waals surface area (Å²) in [5.41, 5.74) is 4.09. The van der Waals surface area contributed by atoms with Gasteiger partial charge in [-0.1, -0.05) is 59.1 Å². The summed E-state index contributed by atoms with van der Waals surface area (Å²) in [6, 6.07) is 4.66. The average Bonchev–Trinajstić information content (AvgIpc) is 2.47. The lowest BCUT2D eigenvalue weighted by Gasteiger charge is -2.17. The molecule has 0 aliphatic rings.